The lowest BCUT2D eigenvalue weighted by Gasteiger charge is -2.28. The van der Waals surface area contributed by atoms with Crippen LogP contribution in [0.25, 0.3) is 17.1 Å². The Hall–Kier alpha value is -4.12. The van der Waals surface area contributed by atoms with Crippen LogP contribution in [0.2, 0.25) is 0 Å². The van der Waals surface area contributed by atoms with Gasteiger partial charge < -0.3 is 24.4 Å². The van der Waals surface area contributed by atoms with Gasteiger partial charge >= 0.3 is 6.01 Å². The number of fused-ring (bicyclic) bond motifs is 1. The van der Waals surface area contributed by atoms with Crippen molar-refractivity contribution in [1.82, 2.24) is 29.5 Å². The standard InChI is InChI=1S/C26H30N8O3/c1-18-14-22(20-4-3-5-21-25(20)36-11-7-27-21)31-34(18)24-15-23(33-8-12-35-13-9-33)29-26(30-24)37-10-6-19-16-28-32(2)17-19/h3-5,14-17,27H,6-13H2,1-2H3. The molecule has 0 aliphatic carbocycles. The molecular weight excluding hydrogens is 472 g/mol. The summed E-state index contributed by atoms with van der Waals surface area (Å²) < 4.78 is 21.2. The Kier molecular flexibility index (Phi) is 6.35. The predicted octanol–water partition coefficient (Wildman–Crippen LogP) is 2.63. The number of aryl methyl sites for hydroxylation is 2. The Balaban J connectivity index is 1.32. The number of nitrogens with one attached hydrogen (secondary N) is 1. The first-order valence-electron chi connectivity index (χ1n) is 12.5. The number of aromatic nitrogens is 6. The molecule has 3 aromatic heterocycles. The topological polar surface area (TPSA) is 104 Å². The number of morpholine rings is 1. The van der Waals surface area contributed by atoms with Crippen LogP contribution in [0.1, 0.15) is 11.3 Å². The maximum Gasteiger partial charge on any atom is 0.320 e. The Morgan fingerprint density at radius 2 is 1.95 bits per heavy atom. The minimum absolute atomic E-state index is 0.323. The maximum atomic E-state index is 6.03. The fraction of sp³-hybridized carbons (Fsp3) is 0.385. The summed E-state index contributed by atoms with van der Waals surface area (Å²) in [6.07, 6.45) is 4.54. The summed E-state index contributed by atoms with van der Waals surface area (Å²) in [6.45, 7) is 6.72. The number of ether oxygens (including phenoxy) is 3. The molecule has 0 bridgehead atoms. The number of hydrogen-bond acceptors (Lipinski definition) is 9. The van der Waals surface area contributed by atoms with Crippen LogP contribution in [0.3, 0.4) is 0 Å². The average Bonchev–Trinajstić information content (AvgIpc) is 3.53. The van der Waals surface area contributed by atoms with Gasteiger partial charge in [-0.05, 0) is 30.7 Å². The van der Waals surface area contributed by atoms with Crippen LogP contribution in [0, 0.1) is 6.92 Å². The van der Waals surface area contributed by atoms with Crippen molar-refractivity contribution in [3.8, 4) is 28.8 Å². The second-order valence-corrected chi connectivity index (χ2v) is 9.13. The normalized spacial score (nSPS) is 15.1. The van der Waals surface area contributed by atoms with Gasteiger partial charge in [0.2, 0.25) is 0 Å². The monoisotopic (exact) mass is 502 g/mol. The highest BCUT2D eigenvalue weighted by atomic mass is 16.5. The SMILES string of the molecule is Cc1cc(-c2cccc3c2OCCN3)nn1-c1cc(N2CCOCC2)nc(OCCc2cnn(C)c2)n1. The second-order valence-electron chi connectivity index (χ2n) is 9.13. The minimum atomic E-state index is 0.323. The van der Waals surface area contributed by atoms with E-state index in [0.717, 1.165) is 59.4 Å². The quantitative estimate of drug-likeness (QED) is 0.408. The molecule has 1 N–H and O–H groups in total. The highest BCUT2D eigenvalue weighted by molar-refractivity contribution is 5.77. The van der Waals surface area contributed by atoms with E-state index in [1.165, 1.54) is 0 Å². The third-order valence-electron chi connectivity index (χ3n) is 6.45. The summed E-state index contributed by atoms with van der Waals surface area (Å²) in [7, 11) is 1.90. The Morgan fingerprint density at radius 1 is 1.08 bits per heavy atom. The smallest absolute Gasteiger partial charge is 0.320 e. The van der Waals surface area contributed by atoms with Gasteiger partial charge in [-0.1, -0.05) is 6.07 Å². The van der Waals surface area contributed by atoms with E-state index in [4.69, 9.17) is 29.3 Å². The molecule has 1 aromatic carbocycles. The molecule has 1 saturated heterocycles. The van der Waals surface area contributed by atoms with Gasteiger partial charge in [0, 0.05) is 56.6 Å². The van der Waals surface area contributed by atoms with Gasteiger partial charge in [0.05, 0.1) is 37.4 Å². The number of rotatable bonds is 7. The van der Waals surface area contributed by atoms with E-state index in [2.05, 4.69) is 15.3 Å². The third-order valence-corrected chi connectivity index (χ3v) is 6.45. The molecule has 2 aliphatic heterocycles. The van der Waals surface area contributed by atoms with Crippen LogP contribution in [-0.4, -0.2) is 75.6 Å². The maximum absolute atomic E-state index is 6.03. The van der Waals surface area contributed by atoms with Crippen molar-refractivity contribution in [3.05, 3.63) is 54.0 Å². The first-order chi connectivity index (χ1) is 18.1. The number of hydrogen-bond donors (Lipinski definition) is 1. The van der Waals surface area contributed by atoms with Crippen molar-refractivity contribution >= 4 is 11.5 Å². The van der Waals surface area contributed by atoms with Crippen molar-refractivity contribution in [1.29, 1.82) is 0 Å². The zero-order valence-corrected chi connectivity index (χ0v) is 21.1. The molecule has 0 radical (unpaired) electrons. The van der Waals surface area contributed by atoms with Crippen LogP contribution >= 0.6 is 0 Å². The summed E-state index contributed by atoms with van der Waals surface area (Å²) in [6, 6.07) is 10.4. The lowest BCUT2D eigenvalue weighted by atomic mass is 10.1. The minimum Gasteiger partial charge on any atom is -0.489 e. The van der Waals surface area contributed by atoms with Crippen LogP contribution in [-0.2, 0) is 18.2 Å². The van der Waals surface area contributed by atoms with Gasteiger partial charge in [-0.2, -0.15) is 20.2 Å². The molecule has 0 spiro atoms. The van der Waals surface area contributed by atoms with E-state index in [1.54, 1.807) is 4.68 Å². The fourth-order valence-electron chi connectivity index (χ4n) is 4.60. The van der Waals surface area contributed by atoms with Gasteiger partial charge in [0.1, 0.15) is 12.4 Å². The highest BCUT2D eigenvalue weighted by Gasteiger charge is 2.21. The third kappa shape index (κ3) is 4.94. The first kappa shape index (κ1) is 23.3. The van der Waals surface area contributed by atoms with E-state index in [9.17, 15) is 0 Å². The molecule has 192 valence electrons. The summed E-state index contributed by atoms with van der Waals surface area (Å²) in [5.41, 5.74) is 4.80. The Bertz CT molecular complexity index is 1390. The lowest BCUT2D eigenvalue weighted by Crippen LogP contribution is -2.37. The molecule has 11 heteroatoms. The molecule has 4 aromatic rings. The Morgan fingerprint density at radius 3 is 2.78 bits per heavy atom. The van der Waals surface area contributed by atoms with Crippen LogP contribution in [0.4, 0.5) is 11.5 Å². The molecular formula is C26H30N8O3. The van der Waals surface area contributed by atoms with Gasteiger partial charge in [0.25, 0.3) is 0 Å². The van der Waals surface area contributed by atoms with Crippen LogP contribution in [0.15, 0.2) is 42.7 Å². The summed E-state index contributed by atoms with van der Waals surface area (Å²) in [5.74, 6) is 2.28. The van der Waals surface area contributed by atoms with Crippen molar-refractivity contribution in [3.63, 3.8) is 0 Å². The molecule has 0 atom stereocenters. The molecule has 37 heavy (non-hydrogen) atoms. The van der Waals surface area contributed by atoms with Gasteiger partial charge in [0.15, 0.2) is 11.6 Å². The van der Waals surface area contributed by atoms with E-state index < -0.39 is 0 Å². The van der Waals surface area contributed by atoms with Crippen molar-refractivity contribution in [2.75, 3.05) is 56.3 Å². The molecule has 0 unspecified atom stereocenters. The number of para-hydroxylation sites is 1. The van der Waals surface area contributed by atoms with E-state index >= 15 is 0 Å². The van der Waals surface area contributed by atoms with Gasteiger partial charge in [-0.25, -0.2) is 4.68 Å². The zero-order valence-electron chi connectivity index (χ0n) is 21.1. The fourth-order valence-corrected chi connectivity index (χ4v) is 4.60. The zero-order chi connectivity index (χ0) is 25.2. The molecule has 1 fully saturated rings. The number of anilines is 2. The van der Waals surface area contributed by atoms with Crippen LogP contribution < -0.4 is 19.7 Å². The highest BCUT2D eigenvalue weighted by Crippen LogP contribution is 2.38. The molecule has 2 aliphatic rings. The van der Waals surface area contributed by atoms with Gasteiger partial charge in [-0.3, -0.25) is 4.68 Å². The van der Waals surface area contributed by atoms with E-state index in [0.29, 0.717) is 44.7 Å². The summed E-state index contributed by atoms with van der Waals surface area (Å²) in [5, 5.41) is 12.5. The van der Waals surface area contributed by atoms with E-state index in [1.807, 2.05) is 61.4 Å². The first-order valence-corrected chi connectivity index (χ1v) is 12.5. The largest absolute Gasteiger partial charge is 0.489 e. The summed E-state index contributed by atoms with van der Waals surface area (Å²) in [4.78, 5) is 11.6. The molecule has 0 saturated carbocycles. The Labute approximate surface area is 215 Å². The van der Waals surface area contributed by atoms with Crippen molar-refractivity contribution in [2.45, 2.75) is 13.3 Å². The van der Waals surface area contributed by atoms with Crippen LogP contribution in [0.5, 0.6) is 11.8 Å². The lowest BCUT2D eigenvalue weighted by molar-refractivity contribution is 0.122. The predicted molar refractivity (Wildman–Crippen MR) is 139 cm³/mol. The van der Waals surface area contributed by atoms with Crippen molar-refractivity contribution in [2.24, 2.45) is 7.05 Å². The number of nitrogens with zero attached hydrogens (tertiary/aromatic N) is 7. The molecule has 5 heterocycles. The van der Waals surface area contributed by atoms with E-state index in [-0.39, 0.29) is 0 Å². The summed E-state index contributed by atoms with van der Waals surface area (Å²) >= 11 is 0. The number of benzene rings is 1. The molecule has 6 rings (SSSR count). The van der Waals surface area contributed by atoms with Gasteiger partial charge in [-0.15, -0.1) is 0 Å². The average molecular weight is 503 g/mol. The molecule has 0 amide bonds. The molecule has 11 nitrogen and oxygen atoms in total. The second kappa shape index (κ2) is 10.1. The van der Waals surface area contributed by atoms with Crippen molar-refractivity contribution < 1.29 is 14.2 Å².